The van der Waals surface area contributed by atoms with Crippen molar-refractivity contribution in [1.82, 2.24) is 10.2 Å². The lowest BCUT2D eigenvalue weighted by atomic mass is 10.2. The van der Waals surface area contributed by atoms with Crippen LogP contribution in [0.4, 0.5) is 6.01 Å². The lowest BCUT2D eigenvalue weighted by molar-refractivity contribution is -0.00675. The van der Waals surface area contributed by atoms with Gasteiger partial charge in [-0.15, -0.1) is 16.7 Å². The summed E-state index contributed by atoms with van der Waals surface area (Å²) in [4.78, 5) is 2.03. The first kappa shape index (κ1) is 10.7. The van der Waals surface area contributed by atoms with Crippen molar-refractivity contribution in [3.05, 3.63) is 5.89 Å². The van der Waals surface area contributed by atoms with E-state index < -0.39 is 0 Å². The van der Waals surface area contributed by atoms with Gasteiger partial charge in [0.1, 0.15) is 5.88 Å². The van der Waals surface area contributed by atoms with Gasteiger partial charge in [-0.3, -0.25) is 0 Å². The summed E-state index contributed by atoms with van der Waals surface area (Å²) in [7, 11) is 0. The number of hydrogen-bond donors (Lipinski definition) is 0. The van der Waals surface area contributed by atoms with Crippen LogP contribution in [-0.2, 0) is 10.6 Å². The van der Waals surface area contributed by atoms with Crippen LogP contribution in [0.2, 0.25) is 0 Å². The second-order valence-electron chi connectivity index (χ2n) is 3.77. The van der Waals surface area contributed by atoms with E-state index in [4.69, 9.17) is 20.8 Å². The zero-order valence-corrected chi connectivity index (χ0v) is 9.57. The minimum absolute atomic E-state index is 0.181. The van der Waals surface area contributed by atoms with E-state index in [0.29, 0.717) is 11.9 Å². The number of halogens is 1. The van der Waals surface area contributed by atoms with Gasteiger partial charge in [0.2, 0.25) is 5.89 Å². The molecule has 84 valence electrons. The molecule has 1 aliphatic heterocycles. The standard InChI is InChI=1S/C9H14ClN3O2/c1-6-4-13(5-7(2)14-6)9-12-11-8(3-10)15-9/h6-7H,3-5H2,1-2H3/t6-,7+. The van der Waals surface area contributed by atoms with Crippen LogP contribution in [0, 0.1) is 0 Å². The van der Waals surface area contributed by atoms with Crippen LogP contribution in [0.3, 0.4) is 0 Å². The summed E-state index contributed by atoms with van der Waals surface area (Å²) in [5, 5.41) is 7.78. The monoisotopic (exact) mass is 231 g/mol. The van der Waals surface area contributed by atoms with Crippen LogP contribution in [0.15, 0.2) is 4.42 Å². The van der Waals surface area contributed by atoms with Gasteiger partial charge in [-0.25, -0.2) is 0 Å². The Morgan fingerprint density at radius 1 is 1.33 bits per heavy atom. The van der Waals surface area contributed by atoms with E-state index >= 15 is 0 Å². The van der Waals surface area contributed by atoms with Crippen molar-refractivity contribution in [1.29, 1.82) is 0 Å². The molecule has 0 radical (unpaired) electrons. The molecule has 2 rings (SSSR count). The van der Waals surface area contributed by atoms with Gasteiger partial charge in [0.25, 0.3) is 0 Å². The van der Waals surface area contributed by atoms with Gasteiger partial charge < -0.3 is 14.1 Å². The number of nitrogens with zero attached hydrogens (tertiary/aromatic N) is 3. The van der Waals surface area contributed by atoms with Gasteiger partial charge >= 0.3 is 6.01 Å². The second kappa shape index (κ2) is 4.37. The van der Waals surface area contributed by atoms with Crippen molar-refractivity contribution in [2.75, 3.05) is 18.0 Å². The maximum atomic E-state index is 5.61. The fourth-order valence-electron chi connectivity index (χ4n) is 1.76. The molecular weight excluding hydrogens is 218 g/mol. The van der Waals surface area contributed by atoms with Gasteiger partial charge in [-0.2, -0.15) is 0 Å². The maximum absolute atomic E-state index is 5.61. The van der Waals surface area contributed by atoms with Crippen molar-refractivity contribution in [3.63, 3.8) is 0 Å². The molecule has 0 spiro atoms. The minimum Gasteiger partial charge on any atom is -0.407 e. The molecule has 2 heterocycles. The summed E-state index contributed by atoms with van der Waals surface area (Å²) in [6.45, 7) is 5.60. The number of aromatic nitrogens is 2. The first-order valence-electron chi connectivity index (χ1n) is 4.97. The summed E-state index contributed by atoms with van der Waals surface area (Å²) in [6, 6.07) is 0.535. The molecule has 0 unspecified atom stereocenters. The van der Waals surface area contributed by atoms with Crippen molar-refractivity contribution in [3.8, 4) is 0 Å². The molecule has 0 aromatic carbocycles. The van der Waals surface area contributed by atoms with Crippen LogP contribution in [0.5, 0.6) is 0 Å². The van der Waals surface area contributed by atoms with Crippen LogP contribution < -0.4 is 4.90 Å². The number of rotatable bonds is 2. The molecule has 0 N–H and O–H groups in total. The zero-order chi connectivity index (χ0) is 10.8. The van der Waals surface area contributed by atoms with Crippen LogP contribution >= 0.6 is 11.6 Å². The van der Waals surface area contributed by atoms with E-state index in [-0.39, 0.29) is 18.1 Å². The molecule has 1 aromatic heterocycles. The van der Waals surface area contributed by atoms with Crippen LogP contribution in [0.25, 0.3) is 0 Å². The molecule has 15 heavy (non-hydrogen) atoms. The normalized spacial score (nSPS) is 27.0. The molecule has 2 atom stereocenters. The Balaban J connectivity index is 2.09. The molecule has 1 saturated heterocycles. The molecule has 0 bridgehead atoms. The summed E-state index contributed by atoms with van der Waals surface area (Å²) in [5.74, 6) is 0.709. The Hall–Kier alpha value is -0.810. The van der Waals surface area contributed by atoms with Crippen LogP contribution in [-0.4, -0.2) is 35.5 Å². The lowest BCUT2D eigenvalue weighted by Gasteiger charge is -2.33. The van der Waals surface area contributed by atoms with Crippen molar-refractivity contribution in [2.24, 2.45) is 0 Å². The Labute approximate surface area is 93.4 Å². The van der Waals surface area contributed by atoms with Crippen molar-refractivity contribution < 1.29 is 9.15 Å². The van der Waals surface area contributed by atoms with Crippen molar-refractivity contribution in [2.45, 2.75) is 31.9 Å². The van der Waals surface area contributed by atoms with Gasteiger partial charge in [0, 0.05) is 13.1 Å². The summed E-state index contributed by atoms with van der Waals surface area (Å²) >= 11 is 5.60. The third-order valence-electron chi connectivity index (χ3n) is 2.26. The summed E-state index contributed by atoms with van der Waals surface area (Å²) in [6.07, 6.45) is 0.361. The number of anilines is 1. The molecule has 5 nitrogen and oxygen atoms in total. The summed E-state index contributed by atoms with van der Waals surface area (Å²) in [5.41, 5.74) is 0. The molecular formula is C9H14ClN3O2. The predicted octanol–water partition coefficient (Wildman–Crippen LogP) is 1.42. The highest BCUT2D eigenvalue weighted by molar-refractivity contribution is 6.16. The van der Waals surface area contributed by atoms with E-state index in [0.717, 1.165) is 13.1 Å². The molecule has 1 aliphatic rings. The van der Waals surface area contributed by atoms with Gasteiger partial charge in [0.15, 0.2) is 0 Å². The van der Waals surface area contributed by atoms with E-state index in [2.05, 4.69) is 10.2 Å². The highest BCUT2D eigenvalue weighted by Gasteiger charge is 2.25. The lowest BCUT2D eigenvalue weighted by Crippen LogP contribution is -2.45. The molecule has 1 fully saturated rings. The second-order valence-corrected chi connectivity index (χ2v) is 4.04. The average molecular weight is 232 g/mol. The zero-order valence-electron chi connectivity index (χ0n) is 8.81. The maximum Gasteiger partial charge on any atom is 0.318 e. The molecule has 0 amide bonds. The molecule has 6 heteroatoms. The van der Waals surface area contributed by atoms with E-state index in [1.54, 1.807) is 0 Å². The topological polar surface area (TPSA) is 51.4 Å². The highest BCUT2D eigenvalue weighted by atomic mass is 35.5. The average Bonchev–Trinajstić information content (AvgIpc) is 2.64. The first-order valence-corrected chi connectivity index (χ1v) is 5.51. The number of hydrogen-bond acceptors (Lipinski definition) is 5. The summed E-state index contributed by atoms with van der Waals surface area (Å²) < 4.78 is 11.0. The van der Waals surface area contributed by atoms with E-state index in [1.165, 1.54) is 0 Å². The van der Waals surface area contributed by atoms with E-state index in [1.807, 2.05) is 18.7 Å². The fourth-order valence-corrected chi connectivity index (χ4v) is 1.87. The SMILES string of the molecule is C[C@@H]1CN(c2nnc(CCl)o2)C[C@H](C)O1. The smallest absolute Gasteiger partial charge is 0.318 e. The Morgan fingerprint density at radius 2 is 2.00 bits per heavy atom. The number of morpholine rings is 1. The Morgan fingerprint density at radius 3 is 2.53 bits per heavy atom. The van der Waals surface area contributed by atoms with Crippen molar-refractivity contribution >= 4 is 17.6 Å². The van der Waals surface area contributed by atoms with E-state index in [9.17, 15) is 0 Å². The quantitative estimate of drug-likeness (QED) is 0.721. The first-order chi connectivity index (χ1) is 7.19. The van der Waals surface area contributed by atoms with Gasteiger partial charge in [-0.05, 0) is 13.8 Å². The van der Waals surface area contributed by atoms with Crippen LogP contribution in [0.1, 0.15) is 19.7 Å². The minimum atomic E-state index is 0.181. The number of ether oxygens (including phenoxy) is 1. The van der Waals surface area contributed by atoms with Gasteiger partial charge in [0.05, 0.1) is 12.2 Å². The third kappa shape index (κ3) is 2.41. The largest absolute Gasteiger partial charge is 0.407 e. The predicted molar refractivity (Wildman–Crippen MR) is 56.1 cm³/mol. The number of alkyl halides is 1. The van der Waals surface area contributed by atoms with Gasteiger partial charge in [-0.1, -0.05) is 5.10 Å². The Bertz CT molecular complexity index is 321. The highest BCUT2D eigenvalue weighted by Crippen LogP contribution is 2.19. The molecule has 1 aromatic rings. The fraction of sp³-hybridized carbons (Fsp3) is 0.778. The molecule has 0 aliphatic carbocycles. The third-order valence-corrected chi connectivity index (χ3v) is 2.49. The Kier molecular flexibility index (Phi) is 3.11. The molecule has 0 saturated carbocycles.